The molecule has 2 atom stereocenters. The van der Waals surface area contributed by atoms with Crippen molar-refractivity contribution in [2.75, 3.05) is 19.7 Å². The van der Waals surface area contributed by atoms with Crippen molar-refractivity contribution in [1.29, 1.82) is 0 Å². The summed E-state index contributed by atoms with van der Waals surface area (Å²) < 4.78 is 0. The number of carbonyl (C=O) groups is 1. The van der Waals surface area contributed by atoms with Crippen molar-refractivity contribution in [2.45, 2.75) is 31.8 Å². The standard InChI is InChI=1S/C16H23NO3/c1-16(20)8-9-17(15(19)7-10-18)12-14(16)11-13-5-3-2-4-6-13/h2-6,14,18,20H,7-12H2,1H3/t14-,16+/m0/s1. The Kier molecular flexibility index (Phi) is 4.78. The normalized spacial score (nSPS) is 26.6. The van der Waals surface area contributed by atoms with Gasteiger partial charge in [0.1, 0.15) is 0 Å². The molecule has 20 heavy (non-hydrogen) atoms. The zero-order valence-electron chi connectivity index (χ0n) is 12.0. The van der Waals surface area contributed by atoms with Gasteiger partial charge in [0.15, 0.2) is 0 Å². The number of benzene rings is 1. The minimum atomic E-state index is -0.744. The summed E-state index contributed by atoms with van der Waals surface area (Å²) in [6.45, 7) is 2.86. The first-order valence-corrected chi connectivity index (χ1v) is 7.18. The number of aliphatic hydroxyl groups is 2. The molecule has 1 aliphatic heterocycles. The van der Waals surface area contributed by atoms with Crippen molar-refractivity contribution in [3.63, 3.8) is 0 Å². The van der Waals surface area contributed by atoms with E-state index in [1.54, 1.807) is 4.90 Å². The molecule has 2 N–H and O–H groups in total. The molecule has 0 aliphatic carbocycles. The molecule has 2 rings (SSSR count). The summed E-state index contributed by atoms with van der Waals surface area (Å²) in [6, 6.07) is 10.0. The molecule has 1 heterocycles. The molecule has 4 heteroatoms. The van der Waals surface area contributed by atoms with Crippen LogP contribution in [0.3, 0.4) is 0 Å². The zero-order chi connectivity index (χ0) is 14.6. The lowest BCUT2D eigenvalue weighted by atomic mass is 9.79. The van der Waals surface area contributed by atoms with Crippen molar-refractivity contribution in [3.05, 3.63) is 35.9 Å². The first-order chi connectivity index (χ1) is 9.53. The number of hydrogen-bond acceptors (Lipinski definition) is 3. The lowest BCUT2D eigenvalue weighted by molar-refractivity contribution is -0.139. The Morgan fingerprint density at radius 2 is 2.10 bits per heavy atom. The topological polar surface area (TPSA) is 60.8 Å². The molecule has 4 nitrogen and oxygen atoms in total. The molecular weight excluding hydrogens is 254 g/mol. The second kappa shape index (κ2) is 6.37. The fourth-order valence-corrected chi connectivity index (χ4v) is 2.78. The Labute approximate surface area is 120 Å². The highest BCUT2D eigenvalue weighted by Gasteiger charge is 2.38. The van der Waals surface area contributed by atoms with Crippen molar-refractivity contribution < 1.29 is 15.0 Å². The Balaban J connectivity index is 2.05. The van der Waals surface area contributed by atoms with E-state index in [-0.39, 0.29) is 24.9 Å². The highest BCUT2D eigenvalue weighted by molar-refractivity contribution is 5.76. The molecule has 1 aromatic carbocycles. The Morgan fingerprint density at radius 1 is 1.40 bits per heavy atom. The second-order valence-electron chi connectivity index (χ2n) is 5.81. The van der Waals surface area contributed by atoms with Crippen molar-refractivity contribution in [1.82, 2.24) is 4.90 Å². The predicted octanol–water partition coefficient (Wildman–Crippen LogP) is 1.21. The molecule has 0 spiro atoms. The second-order valence-corrected chi connectivity index (χ2v) is 5.81. The fourth-order valence-electron chi connectivity index (χ4n) is 2.78. The summed E-state index contributed by atoms with van der Waals surface area (Å²) >= 11 is 0. The molecule has 0 bridgehead atoms. The molecule has 0 unspecified atom stereocenters. The Hall–Kier alpha value is -1.39. The molecule has 1 fully saturated rings. The number of piperidine rings is 1. The summed E-state index contributed by atoms with van der Waals surface area (Å²) in [7, 11) is 0. The van der Waals surface area contributed by atoms with E-state index in [9.17, 15) is 9.90 Å². The van der Waals surface area contributed by atoms with Crippen LogP contribution in [0.15, 0.2) is 30.3 Å². The summed E-state index contributed by atoms with van der Waals surface area (Å²) in [5.74, 6) is 0.00218. The molecule has 1 aromatic rings. The third kappa shape index (κ3) is 3.58. The molecular formula is C16H23NO3. The minimum Gasteiger partial charge on any atom is -0.396 e. The van der Waals surface area contributed by atoms with Crippen LogP contribution in [-0.2, 0) is 11.2 Å². The lowest BCUT2D eigenvalue weighted by Crippen LogP contribution is -2.52. The Morgan fingerprint density at radius 3 is 2.75 bits per heavy atom. The van der Waals surface area contributed by atoms with Crippen LogP contribution in [0.4, 0.5) is 0 Å². The van der Waals surface area contributed by atoms with E-state index in [1.807, 2.05) is 37.3 Å². The van der Waals surface area contributed by atoms with Gasteiger partial charge in [0.25, 0.3) is 0 Å². The number of amides is 1. The van der Waals surface area contributed by atoms with Gasteiger partial charge in [-0.05, 0) is 25.3 Å². The van der Waals surface area contributed by atoms with Gasteiger partial charge >= 0.3 is 0 Å². The van der Waals surface area contributed by atoms with Gasteiger partial charge in [-0.1, -0.05) is 30.3 Å². The van der Waals surface area contributed by atoms with Gasteiger partial charge in [-0.2, -0.15) is 0 Å². The third-order valence-electron chi connectivity index (χ3n) is 4.21. The number of carbonyl (C=O) groups excluding carboxylic acids is 1. The van der Waals surface area contributed by atoms with Gasteiger partial charge in [0.2, 0.25) is 5.91 Å². The first-order valence-electron chi connectivity index (χ1n) is 7.18. The van der Waals surface area contributed by atoms with Crippen LogP contribution >= 0.6 is 0 Å². The maximum Gasteiger partial charge on any atom is 0.224 e. The van der Waals surface area contributed by atoms with Gasteiger partial charge in [-0.3, -0.25) is 4.79 Å². The van der Waals surface area contributed by atoms with Crippen molar-refractivity contribution >= 4 is 5.91 Å². The van der Waals surface area contributed by atoms with Crippen LogP contribution in [0.5, 0.6) is 0 Å². The molecule has 1 saturated heterocycles. The van der Waals surface area contributed by atoms with Gasteiger partial charge in [0, 0.05) is 25.4 Å². The van der Waals surface area contributed by atoms with Crippen LogP contribution in [0.25, 0.3) is 0 Å². The number of rotatable bonds is 4. The molecule has 0 aromatic heterocycles. The average Bonchev–Trinajstić information content (AvgIpc) is 2.42. The molecule has 0 radical (unpaired) electrons. The number of hydrogen-bond donors (Lipinski definition) is 2. The van der Waals surface area contributed by atoms with E-state index in [4.69, 9.17) is 5.11 Å². The molecule has 110 valence electrons. The highest BCUT2D eigenvalue weighted by atomic mass is 16.3. The largest absolute Gasteiger partial charge is 0.396 e. The van der Waals surface area contributed by atoms with Crippen LogP contribution < -0.4 is 0 Å². The van der Waals surface area contributed by atoms with E-state index in [1.165, 1.54) is 5.56 Å². The maximum atomic E-state index is 11.9. The zero-order valence-corrected chi connectivity index (χ0v) is 12.0. The summed E-state index contributed by atoms with van der Waals surface area (Å²) in [5.41, 5.74) is 0.431. The van der Waals surface area contributed by atoms with Gasteiger partial charge in [0.05, 0.1) is 12.2 Å². The number of aliphatic hydroxyl groups excluding tert-OH is 1. The van der Waals surface area contributed by atoms with Crippen LogP contribution in [0, 0.1) is 5.92 Å². The molecule has 0 saturated carbocycles. The summed E-state index contributed by atoms with van der Waals surface area (Å²) in [6.07, 6.45) is 1.51. The van der Waals surface area contributed by atoms with Crippen molar-refractivity contribution in [3.8, 4) is 0 Å². The fraction of sp³-hybridized carbons (Fsp3) is 0.562. The van der Waals surface area contributed by atoms with E-state index < -0.39 is 5.60 Å². The van der Waals surface area contributed by atoms with Crippen LogP contribution in [-0.4, -0.2) is 46.3 Å². The van der Waals surface area contributed by atoms with Crippen LogP contribution in [0.1, 0.15) is 25.3 Å². The first kappa shape index (κ1) is 15.0. The van der Waals surface area contributed by atoms with Crippen molar-refractivity contribution in [2.24, 2.45) is 5.92 Å². The summed E-state index contributed by atoms with van der Waals surface area (Å²) in [5, 5.41) is 19.4. The highest BCUT2D eigenvalue weighted by Crippen LogP contribution is 2.30. The van der Waals surface area contributed by atoms with E-state index in [0.29, 0.717) is 19.5 Å². The van der Waals surface area contributed by atoms with Gasteiger partial charge in [-0.25, -0.2) is 0 Å². The van der Waals surface area contributed by atoms with Gasteiger partial charge in [-0.15, -0.1) is 0 Å². The quantitative estimate of drug-likeness (QED) is 0.869. The minimum absolute atomic E-state index is 0.0268. The number of likely N-dealkylation sites (tertiary alicyclic amines) is 1. The van der Waals surface area contributed by atoms with E-state index in [2.05, 4.69) is 0 Å². The lowest BCUT2D eigenvalue weighted by Gasteiger charge is -2.43. The van der Waals surface area contributed by atoms with Crippen LogP contribution in [0.2, 0.25) is 0 Å². The maximum absolute atomic E-state index is 11.9. The van der Waals surface area contributed by atoms with E-state index in [0.717, 1.165) is 6.42 Å². The molecule has 1 amide bonds. The smallest absolute Gasteiger partial charge is 0.224 e. The Bertz CT molecular complexity index is 444. The van der Waals surface area contributed by atoms with E-state index >= 15 is 0 Å². The molecule has 1 aliphatic rings. The SMILES string of the molecule is C[C@@]1(O)CCN(C(=O)CCO)C[C@@H]1Cc1ccccc1. The monoisotopic (exact) mass is 277 g/mol. The van der Waals surface area contributed by atoms with Gasteiger partial charge < -0.3 is 15.1 Å². The third-order valence-corrected chi connectivity index (χ3v) is 4.21. The summed E-state index contributed by atoms with van der Waals surface area (Å²) in [4.78, 5) is 13.7. The number of nitrogens with zero attached hydrogens (tertiary/aromatic N) is 1. The average molecular weight is 277 g/mol. The predicted molar refractivity (Wildman–Crippen MR) is 77.2 cm³/mol.